The van der Waals surface area contributed by atoms with E-state index in [-0.39, 0.29) is 0 Å². The molecule has 0 heterocycles. The lowest BCUT2D eigenvalue weighted by Gasteiger charge is -2.18. The largest absolute Gasteiger partial charge is 0.0591 e. The first-order chi connectivity index (χ1) is 14.4. The Morgan fingerprint density at radius 3 is 2.00 bits per heavy atom. The van der Waals surface area contributed by atoms with E-state index in [0.29, 0.717) is 5.92 Å². The smallest absolute Gasteiger partial charge is 0.0184 e. The summed E-state index contributed by atoms with van der Waals surface area (Å²) in [4.78, 5) is 0. The molecule has 3 rings (SSSR count). The van der Waals surface area contributed by atoms with Gasteiger partial charge >= 0.3 is 0 Å². The molecule has 1 unspecified atom stereocenters. The topological polar surface area (TPSA) is 0 Å². The maximum atomic E-state index is 2.42. The number of unbranched alkanes of at least 4 members (excludes halogenated alkanes) is 1. The van der Waals surface area contributed by atoms with Gasteiger partial charge in [-0.25, -0.2) is 0 Å². The highest BCUT2D eigenvalue weighted by atomic mass is 14.2. The lowest BCUT2D eigenvalue weighted by atomic mass is 9.87. The fraction of sp³-hybridized carbons (Fsp3) is 0.400. The fourth-order valence-electron chi connectivity index (χ4n) is 4.33. The monoisotopic (exact) mass is 398 g/mol. The summed E-state index contributed by atoms with van der Waals surface area (Å²) in [5, 5.41) is 0. The van der Waals surface area contributed by atoms with E-state index in [1.54, 1.807) is 11.1 Å². The Hall–Kier alpha value is -2.34. The van der Waals surface area contributed by atoms with Gasteiger partial charge in [-0.05, 0) is 106 Å². The van der Waals surface area contributed by atoms with Crippen LogP contribution in [0.25, 0.3) is 0 Å². The van der Waals surface area contributed by atoms with Crippen molar-refractivity contribution < 1.29 is 0 Å². The van der Waals surface area contributed by atoms with Gasteiger partial charge in [0.2, 0.25) is 0 Å². The summed E-state index contributed by atoms with van der Waals surface area (Å²) in [7, 11) is 0. The van der Waals surface area contributed by atoms with E-state index in [4.69, 9.17) is 0 Å². The van der Waals surface area contributed by atoms with Crippen LogP contribution in [-0.4, -0.2) is 0 Å². The molecule has 0 aliphatic heterocycles. The molecule has 0 radical (unpaired) electrons. The average molecular weight is 399 g/mol. The summed E-state index contributed by atoms with van der Waals surface area (Å²) < 4.78 is 0. The van der Waals surface area contributed by atoms with Crippen LogP contribution < -0.4 is 0 Å². The maximum Gasteiger partial charge on any atom is -0.0184 e. The number of hydrogen-bond acceptors (Lipinski definition) is 0. The van der Waals surface area contributed by atoms with Gasteiger partial charge < -0.3 is 0 Å². The number of rotatable bonds is 9. The van der Waals surface area contributed by atoms with Crippen LogP contribution >= 0.6 is 0 Å². The molecule has 3 aromatic carbocycles. The SMILES string of the molecule is Cc1ccc(CCC(C)c2ccc(C)cc2CCCCc2ccc(C)c(C)c2)cc1. The Balaban J connectivity index is 1.57. The van der Waals surface area contributed by atoms with Crippen LogP contribution in [0, 0.1) is 27.7 Å². The highest BCUT2D eigenvalue weighted by molar-refractivity contribution is 5.35. The van der Waals surface area contributed by atoms with Gasteiger partial charge in [-0.1, -0.05) is 78.7 Å². The minimum Gasteiger partial charge on any atom is -0.0591 e. The summed E-state index contributed by atoms with van der Waals surface area (Å²) >= 11 is 0. The Kier molecular flexibility index (Phi) is 7.91. The highest BCUT2D eigenvalue weighted by Gasteiger charge is 2.11. The van der Waals surface area contributed by atoms with Crippen molar-refractivity contribution in [1.82, 2.24) is 0 Å². The predicted octanol–water partition coefficient (Wildman–Crippen LogP) is 8.22. The Morgan fingerprint density at radius 2 is 1.27 bits per heavy atom. The van der Waals surface area contributed by atoms with Crippen molar-refractivity contribution in [3.8, 4) is 0 Å². The minimum atomic E-state index is 0.599. The summed E-state index contributed by atoms with van der Waals surface area (Å²) in [6.07, 6.45) is 7.26. The van der Waals surface area contributed by atoms with Crippen LogP contribution in [-0.2, 0) is 19.3 Å². The molecule has 0 nitrogen and oxygen atoms in total. The van der Waals surface area contributed by atoms with Gasteiger partial charge in [-0.3, -0.25) is 0 Å². The molecular weight excluding hydrogens is 360 g/mol. The first kappa shape index (κ1) is 22.3. The van der Waals surface area contributed by atoms with Crippen LogP contribution in [0.15, 0.2) is 60.7 Å². The second-order valence-electron chi connectivity index (χ2n) is 9.25. The second-order valence-corrected chi connectivity index (χ2v) is 9.25. The third-order valence-corrected chi connectivity index (χ3v) is 6.55. The van der Waals surface area contributed by atoms with Gasteiger partial charge in [-0.15, -0.1) is 0 Å². The van der Waals surface area contributed by atoms with Gasteiger partial charge in [0, 0.05) is 0 Å². The summed E-state index contributed by atoms with van der Waals surface area (Å²) in [5.41, 5.74) is 11.6. The van der Waals surface area contributed by atoms with Crippen LogP contribution in [0.5, 0.6) is 0 Å². The van der Waals surface area contributed by atoms with Crippen LogP contribution in [0.3, 0.4) is 0 Å². The summed E-state index contributed by atoms with van der Waals surface area (Å²) in [6.45, 7) is 11.2. The average Bonchev–Trinajstić information content (AvgIpc) is 2.73. The van der Waals surface area contributed by atoms with E-state index in [1.165, 1.54) is 65.5 Å². The molecule has 0 bridgehead atoms. The third-order valence-electron chi connectivity index (χ3n) is 6.55. The molecule has 30 heavy (non-hydrogen) atoms. The molecule has 0 amide bonds. The van der Waals surface area contributed by atoms with Crippen molar-refractivity contribution in [2.24, 2.45) is 0 Å². The molecule has 0 heteroatoms. The van der Waals surface area contributed by atoms with E-state index < -0.39 is 0 Å². The first-order valence-corrected chi connectivity index (χ1v) is 11.6. The van der Waals surface area contributed by atoms with E-state index in [0.717, 1.165) is 6.42 Å². The molecule has 0 saturated heterocycles. The molecule has 0 fully saturated rings. The minimum absolute atomic E-state index is 0.599. The van der Waals surface area contributed by atoms with Crippen molar-refractivity contribution in [3.63, 3.8) is 0 Å². The van der Waals surface area contributed by atoms with Crippen LogP contribution in [0.1, 0.15) is 76.6 Å². The number of benzene rings is 3. The van der Waals surface area contributed by atoms with E-state index >= 15 is 0 Å². The molecule has 0 aliphatic rings. The van der Waals surface area contributed by atoms with Crippen molar-refractivity contribution in [2.45, 2.75) is 79.1 Å². The molecule has 158 valence electrons. The Bertz CT molecular complexity index is 946. The normalized spacial score (nSPS) is 12.2. The van der Waals surface area contributed by atoms with Crippen LogP contribution in [0.2, 0.25) is 0 Å². The third kappa shape index (κ3) is 6.33. The lowest BCUT2D eigenvalue weighted by molar-refractivity contribution is 0.661. The molecule has 0 aromatic heterocycles. The second kappa shape index (κ2) is 10.6. The van der Waals surface area contributed by atoms with Gasteiger partial charge in [0.25, 0.3) is 0 Å². The van der Waals surface area contributed by atoms with Gasteiger partial charge in [0.05, 0.1) is 0 Å². The standard InChI is InChI=1S/C30H38/c1-22-10-15-27(16-11-22)17-14-25(4)30-19-12-23(2)20-29(30)9-7-6-8-28-18-13-24(3)26(5)21-28/h10-13,15-16,18-21,25H,6-9,14,17H2,1-5H3. The zero-order valence-electron chi connectivity index (χ0n) is 19.6. The number of hydrogen-bond donors (Lipinski definition) is 0. The fourth-order valence-corrected chi connectivity index (χ4v) is 4.33. The molecule has 1 atom stereocenters. The molecule has 0 saturated carbocycles. The van der Waals surface area contributed by atoms with Crippen molar-refractivity contribution in [2.75, 3.05) is 0 Å². The van der Waals surface area contributed by atoms with Gasteiger partial charge in [-0.2, -0.15) is 0 Å². The van der Waals surface area contributed by atoms with E-state index in [2.05, 4.69) is 95.3 Å². The summed E-state index contributed by atoms with van der Waals surface area (Å²) in [5.74, 6) is 0.599. The molecule has 0 spiro atoms. The maximum absolute atomic E-state index is 2.42. The molecule has 0 N–H and O–H groups in total. The van der Waals surface area contributed by atoms with Crippen LogP contribution in [0.4, 0.5) is 0 Å². The van der Waals surface area contributed by atoms with Gasteiger partial charge in [0.1, 0.15) is 0 Å². The first-order valence-electron chi connectivity index (χ1n) is 11.6. The number of aryl methyl sites for hydroxylation is 7. The van der Waals surface area contributed by atoms with Gasteiger partial charge in [0.15, 0.2) is 0 Å². The summed E-state index contributed by atoms with van der Waals surface area (Å²) in [6, 6.07) is 23.0. The molecule has 0 aliphatic carbocycles. The quantitative estimate of drug-likeness (QED) is 0.318. The zero-order valence-corrected chi connectivity index (χ0v) is 19.6. The van der Waals surface area contributed by atoms with E-state index in [9.17, 15) is 0 Å². The molecular formula is C30H38. The Labute approximate surface area is 184 Å². The van der Waals surface area contributed by atoms with Crippen molar-refractivity contribution in [3.05, 3.63) is 105 Å². The predicted molar refractivity (Wildman–Crippen MR) is 132 cm³/mol. The lowest BCUT2D eigenvalue weighted by Crippen LogP contribution is -2.03. The zero-order chi connectivity index (χ0) is 21.5. The van der Waals surface area contributed by atoms with Crippen molar-refractivity contribution in [1.29, 1.82) is 0 Å². The van der Waals surface area contributed by atoms with E-state index in [1.807, 2.05) is 0 Å². The molecule has 3 aromatic rings. The highest BCUT2D eigenvalue weighted by Crippen LogP contribution is 2.27. The van der Waals surface area contributed by atoms with Crippen molar-refractivity contribution >= 4 is 0 Å². The Morgan fingerprint density at radius 1 is 0.600 bits per heavy atom.